The maximum absolute atomic E-state index is 5.05. The first-order valence-corrected chi connectivity index (χ1v) is 19.2. The smallest absolute Gasteiger partial charge is 0.0242 e. The maximum atomic E-state index is 5.05. The molecule has 4 atom stereocenters. The molecular weight excluding hydrogens is 785 g/mol. The molecule has 50 heavy (non-hydrogen) atoms. The minimum Gasteiger partial charge on any atom is -0.305 e. The Labute approximate surface area is 311 Å². The van der Waals surface area contributed by atoms with E-state index >= 15 is 0 Å². The number of rotatable bonds is 3. The van der Waals surface area contributed by atoms with E-state index in [1.807, 2.05) is 42.5 Å². The first kappa shape index (κ1) is 32.5. The number of pyridine rings is 2. The van der Waals surface area contributed by atoms with E-state index < -0.39 is 0 Å². The van der Waals surface area contributed by atoms with E-state index in [2.05, 4.69) is 66.6 Å². The van der Waals surface area contributed by atoms with Gasteiger partial charge in [-0.15, -0.1) is 70.8 Å². The summed E-state index contributed by atoms with van der Waals surface area (Å²) in [5, 5.41) is 0. The Hall–Kier alpha value is -3.39. The van der Waals surface area contributed by atoms with Crippen LogP contribution in [0.3, 0.4) is 0 Å². The standard InChI is InChI=1S/C36H38N.C11H8N.Ir/c1-20-6-36(26-3-5-32-28-11-23-8-24(12-28)16-30(15-23)34(32)18-26)37-19-35(20)25-2-4-31-27-9-21-7-22(10-27)14-29(13-21)33(31)17-25;1-2-6-10(7-3-1)11-8-4-5-9-12-11;/h2,4-6,17-19,21-24,27-30H,7-16H2,1H3;1-6,8-9H;/q2*-1;. The normalized spacial score (nSPS) is 29.1. The van der Waals surface area contributed by atoms with E-state index in [1.165, 1.54) is 86.5 Å². The second-order valence-electron chi connectivity index (χ2n) is 16.6. The van der Waals surface area contributed by atoms with Crippen molar-refractivity contribution in [2.45, 2.75) is 94.8 Å². The van der Waals surface area contributed by atoms with Crippen LogP contribution in [0.1, 0.15) is 116 Å². The van der Waals surface area contributed by atoms with Gasteiger partial charge in [-0.3, -0.25) is 0 Å². The Morgan fingerprint density at radius 3 is 1.80 bits per heavy atom. The van der Waals surface area contributed by atoms with Crippen molar-refractivity contribution in [3.63, 3.8) is 0 Å². The molecule has 2 heterocycles. The molecule has 8 aliphatic rings. The number of hydrogen-bond acceptors (Lipinski definition) is 2. The molecule has 3 heteroatoms. The fraction of sp³-hybridized carbons (Fsp3) is 0.404. The van der Waals surface area contributed by atoms with Gasteiger partial charge in [0.05, 0.1) is 0 Å². The van der Waals surface area contributed by atoms with Gasteiger partial charge in [0.25, 0.3) is 0 Å². The first-order valence-electron chi connectivity index (χ1n) is 19.2. The van der Waals surface area contributed by atoms with Crippen LogP contribution in [-0.4, -0.2) is 9.97 Å². The first-order chi connectivity index (χ1) is 24.1. The van der Waals surface area contributed by atoms with Crippen molar-refractivity contribution in [1.82, 2.24) is 9.97 Å². The molecule has 13 rings (SSSR count). The monoisotopic (exact) mass is 831 g/mol. The Balaban J connectivity index is 0.000000221. The molecule has 4 fully saturated rings. The molecule has 4 unspecified atom stereocenters. The van der Waals surface area contributed by atoms with Crippen LogP contribution in [0.25, 0.3) is 33.6 Å². The number of nitrogens with zero attached hydrogens (tertiary/aromatic N) is 2. The molecule has 5 aromatic rings. The second-order valence-corrected chi connectivity index (χ2v) is 16.6. The summed E-state index contributed by atoms with van der Waals surface area (Å²) in [4.78, 5) is 9.27. The molecule has 2 aromatic heterocycles. The Morgan fingerprint density at radius 1 is 0.540 bits per heavy atom. The van der Waals surface area contributed by atoms with Gasteiger partial charge in [-0.05, 0) is 145 Å². The topological polar surface area (TPSA) is 25.8 Å². The van der Waals surface area contributed by atoms with Crippen molar-refractivity contribution in [2.24, 2.45) is 23.7 Å². The van der Waals surface area contributed by atoms with Crippen molar-refractivity contribution >= 4 is 0 Å². The molecule has 8 aliphatic carbocycles. The third-order valence-electron chi connectivity index (χ3n) is 13.5. The van der Waals surface area contributed by atoms with Crippen molar-refractivity contribution < 1.29 is 20.1 Å². The Kier molecular flexibility index (Phi) is 8.65. The van der Waals surface area contributed by atoms with Gasteiger partial charge in [-0.25, -0.2) is 0 Å². The third-order valence-corrected chi connectivity index (χ3v) is 13.5. The van der Waals surface area contributed by atoms with Gasteiger partial charge in [-0.2, -0.15) is 0 Å². The van der Waals surface area contributed by atoms with E-state index in [4.69, 9.17) is 4.98 Å². The fourth-order valence-corrected chi connectivity index (χ4v) is 11.6. The second kappa shape index (κ2) is 13.3. The maximum Gasteiger partial charge on any atom is 0.0242 e. The summed E-state index contributed by atoms with van der Waals surface area (Å²) in [6, 6.07) is 35.1. The van der Waals surface area contributed by atoms with E-state index in [0.717, 1.165) is 64.3 Å². The minimum atomic E-state index is 0. The number of aromatic nitrogens is 2. The summed E-state index contributed by atoms with van der Waals surface area (Å²) >= 11 is 0. The fourth-order valence-electron chi connectivity index (χ4n) is 11.6. The SMILES string of the molecule is Cc1cc(-c2[c-]cc3c(c2)C2CC4CC(CC3C4)C2)ncc1-c1ccc2c(c1)C1CC3CC(CC2C3)C1.[Ir].[c-]1ccccc1-c1ccccn1. The predicted molar refractivity (Wildman–Crippen MR) is 198 cm³/mol. The third kappa shape index (κ3) is 5.93. The number of benzene rings is 3. The molecule has 0 saturated heterocycles. The van der Waals surface area contributed by atoms with Gasteiger partial charge in [0.2, 0.25) is 0 Å². The average Bonchev–Trinajstić information content (AvgIpc) is 3.42. The van der Waals surface area contributed by atoms with Gasteiger partial charge in [0.1, 0.15) is 0 Å². The van der Waals surface area contributed by atoms with Gasteiger partial charge in [0.15, 0.2) is 0 Å². The van der Waals surface area contributed by atoms with E-state index in [9.17, 15) is 0 Å². The zero-order valence-corrected chi connectivity index (χ0v) is 31.5. The van der Waals surface area contributed by atoms with Crippen molar-refractivity contribution in [3.8, 4) is 33.6 Å². The Morgan fingerprint density at radius 2 is 1.18 bits per heavy atom. The van der Waals surface area contributed by atoms with Crippen molar-refractivity contribution in [3.05, 3.63) is 131 Å². The largest absolute Gasteiger partial charge is 0.305 e. The zero-order valence-electron chi connectivity index (χ0n) is 29.1. The van der Waals surface area contributed by atoms with Gasteiger partial charge >= 0.3 is 0 Å². The molecule has 8 bridgehead atoms. The summed E-state index contributed by atoms with van der Waals surface area (Å²) in [6.45, 7) is 2.28. The molecule has 2 nitrogen and oxygen atoms in total. The summed E-state index contributed by atoms with van der Waals surface area (Å²) in [7, 11) is 0. The Bertz CT molecular complexity index is 1940. The average molecular weight is 831 g/mol. The van der Waals surface area contributed by atoms with Gasteiger partial charge in [0, 0.05) is 38.1 Å². The zero-order chi connectivity index (χ0) is 32.5. The van der Waals surface area contributed by atoms with Crippen molar-refractivity contribution in [2.75, 3.05) is 0 Å². The van der Waals surface area contributed by atoms with Crippen LogP contribution in [0, 0.1) is 42.7 Å². The van der Waals surface area contributed by atoms with Crippen LogP contribution in [0.5, 0.6) is 0 Å². The molecule has 1 radical (unpaired) electrons. The molecule has 0 N–H and O–H groups in total. The minimum absolute atomic E-state index is 0. The summed E-state index contributed by atoms with van der Waals surface area (Å²) in [6.07, 6.45) is 18.3. The van der Waals surface area contributed by atoms with Crippen LogP contribution in [-0.2, 0) is 20.1 Å². The summed E-state index contributed by atoms with van der Waals surface area (Å²) in [5.41, 5.74) is 15.0. The van der Waals surface area contributed by atoms with Crippen LogP contribution >= 0.6 is 0 Å². The molecular formula is C47H46IrN2-2. The molecule has 3 aromatic carbocycles. The van der Waals surface area contributed by atoms with Crippen molar-refractivity contribution in [1.29, 1.82) is 0 Å². The number of hydrogen-bond donors (Lipinski definition) is 0. The van der Waals surface area contributed by atoms with Gasteiger partial charge in [-0.1, -0.05) is 49.2 Å². The summed E-state index contributed by atoms with van der Waals surface area (Å²) < 4.78 is 0. The van der Waals surface area contributed by atoms with E-state index in [0.29, 0.717) is 0 Å². The molecule has 4 saturated carbocycles. The molecule has 0 amide bonds. The number of aryl methyl sites for hydroxylation is 1. The van der Waals surface area contributed by atoms with E-state index in [1.54, 1.807) is 28.5 Å². The molecule has 255 valence electrons. The van der Waals surface area contributed by atoms with Crippen LogP contribution in [0.2, 0.25) is 0 Å². The van der Waals surface area contributed by atoms with Gasteiger partial charge < -0.3 is 9.97 Å². The predicted octanol–water partition coefficient (Wildman–Crippen LogP) is 11.9. The van der Waals surface area contributed by atoms with E-state index in [-0.39, 0.29) is 20.1 Å². The molecule has 0 spiro atoms. The molecule has 0 aliphatic heterocycles. The van der Waals surface area contributed by atoms with Crippen LogP contribution < -0.4 is 0 Å². The quantitative estimate of drug-likeness (QED) is 0.169. The summed E-state index contributed by atoms with van der Waals surface area (Å²) in [5.74, 6) is 7.03. The van der Waals surface area contributed by atoms with Crippen LogP contribution in [0.4, 0.5) is 0 Å². The van der Waals surface area contributed by atoms with Crippen LogP contribution in [0.15, 0.2) is 91.3 Å².